The van der Waals surface area contributed by atoms with Gasteiger partial charge < -0.3 is 41.6 Å². The first kappa shape index (κ1) is 29.0. The first-order chi connectivity index (χ1) is 18.6. The van der Waals surface area contributed by atoms with Gasteiger partial charge in [-0.25, -0.2) is 0 Å². The topological polar surface area (TPSA) is 169 Å². The van der Waals surface area contributed by atoms with Crippen LogP contribution in [0.4, 0.5) is 23.5 Å². The fourth-order valence-corrected chi connectivity index (χ4v) is 3.28. The van der Waals surface area contributed by atoms with Crippen molar-refractivity contribution >= 4 is 41.0 Å². The fraction of sp³-hybridized carbons (Fsp3) is 0.360. The highest BCUT2D eigenvalue weighted by Gasteiger charge is 2.10. The van der Waals surface area contributed by atoms with Gasteiger partial charge in [0.25, 0.3) is 5.91 Å². The summed E-state index contributed by atoms with van der Waals surface area (Å²) in [6.45, 7) is 3.28. The second-order valence-electron chi connectivity index (χ2n) is 7.91. The normalized spacial score (nSPS) is 10.7. The van der Waals surface area contributed by atoms with Crippen molar-refractivity contribution in [3.63, 3.8) is 0 Å². The van der Waals surface area contributed by atoms with E-state index in [1.54, 1.807) is 24.3 Å². The Balaban J connectivity index is 1.58. The quantitative estimate of drug-likeness (QED) is 0.137. The zero-order chi connectivity index (χ0) is 27.0. The number of nitrogens with zero attached hydrogens (tertiary/aromatic N) is 3. The van der Waals surface area contributed by atoms with E-state index in [1.807, 2.05) is 24.3 Å². The summed E-state index contributed by atoms with van der Waals surface area (Å²) in [5.74, 6) is 0.655. The van der Waals surface area contributed by atoms with Gasteiger partial charge in [-0.2, -0.15) is 15.0 Å². The molecule has 0 atom stereocenters. The van der Waals surface area contributed by atoms with E-state index in [4.69, 9.17) is 31.9 Å². The number of hydrogen-bond acceptors (Lipinski definition) is 11. The number of carbonyl (C=O) groups excluding carboxylic acids is 1. The van der Waals surface area contributed by atoms with Gasteiger partial charge in [-0.15, -0.1) is 0 Å². The lowest BCUT2D eigenvalue weighted by molar-refractivity contribution is 0.0511. The van der Waals surface area contributed by atoms with Crippen LogP contribution in [0.1, 0.15) is 15.9 Å². The molecule has 7 N–H and O–H groups in total. The summed E-state index contributed by atoms with van der Waals surface area (Å²) in [5, 5.41) is 21.9. The third kappa shape index (κ3) is 10.4. The molecule has 204 valence electrons. The molecule has 1 amide bonds. The molecule has 0 bridgehead atoms. The van der Waals surface area contributed by atoms with E-state index in [0.717, 1.165) is 5.56 Å². The Labute approximate surface area is 226 Å². The molecule has 1 aromatic heterocycles. The summed E-state index contributed by atoms with van der Waals surface area (Å²) in [4.78, 5) is 25.7. The largest absolute Gasteiger partial charge is 0.395 e. The van der Waals surface area contributed by atoms with Crippen LogP contribution in [0.25, 0.3) is 0 Å². The van der Waals surface area contributed by atoms with Crippen molar-refractivity contribution in [1.82, 2.24) is 20.3 Å². The number of anilines is 4. The van der Waals surface area contributed by atoms with Crippen LogP contribution in [0.5, 0.6) is 0 Å². The summed E-state index contributed by atoms with van der Waals surface area (Å²) in [6, 6.07) is 14.4. The van der Waals surface area contributed by atoms with Crippen LogP contribution in [0.15, 0.2) is 48.5 Å². The number of ether oxygens (including phenoxy) is 2. The SMILES string of the molecule is NCCOCCOCCNC(=O)c1cccc(Nc2nc(NCCO)nc(NCc3ccc(Cl)cc3)n2)c1. The molecular formula is C25H33ClN8O4. The molecule has 2 aromatic carbocycles. The Morgan fingerprint density at radius 1 is 0.895 bits per heavy atom. The van der Waals surface area contributed by atoms with Crippen LogP contribution < -0.4 is 27.0 Å². The number of carbonyl (C=O) groups is 1. The molecule has 0 saturated heterocycles. The maximum absolute atomic E-state index is 12.6. The van der Waals surface area contributed by atoms with E-state index in [2.05, 4.69) is 36.2 Å². The molecule has 12 nitrogen and oxygen atoms in total. The summed E-state index contributed by atoms with van der Waals surface area (Å²) in [7, 11) is 0. The van der Waals surface area contributed by atoms with Crippen molar-refractivity contribution in [3.8, 4) is 0 Å². The highest BCUT2D eigenvalue weighted by molar-refractivity contribution is 6.30. The first-order valence-corrected chi connectivity index (χ1v) is 12.5. The van der Waals surface area contributed by atoms with E-state index < -0.39 is 0 Å². The highest BCUT2D eigenvalue weighted by Crippen LogP contribution is 2.18. The van der Waals surface area contributed by atoms with Gasteiger partial charge >= 0.3 is 0 Å². The number of benzene rings is 2. The Hall–Kier alpha value is -3.55. The Kier molecular flexibility index (Phi) is 12.5. The van der Waals surface area contributed by atoms with E-state index in [-0.39, 0.29) is 31.0 Å². The van der Waals surface area contributed by atoms with Gasteiger partial charge in [-0.1, -0.05) is 29.8 Å². The minimum Gasteiger partial charge on any atom is -0.395 e. The van der Waals surface area contributed by atoms with E-state index >= 15 is 0 Å². The predicted molar refractivity (Wildman–Crippen MR) is 147 cm³/mol. The third-order valence-corrected chi connectivity index (χ3v) is 5.19. The zero-order valence-corrected chi connectivity index (χ0v) is 21.7. The lowest BCUT2D eigenvalue weighted by atomic mass is 10.2. The minimum atomic E-state index is -0.233. The summed E-state index contributed by atoms with van der Waals surface area (Å²) < 4.78 is 10.7. The van der Waals surface area contributed by atoms with Gasteiger partial charge in [-0.3, -0.25) is 4.79 Å². The first-order valence-electron chi connectivity index (χ1n) is 12.2. The van der Waals surface area contributed by atoms with Crippen molar-refractivity contribution in [1.29, 1.82) is 0 Å². The number of nitrogens with one attached hydrogen (secondary N) is 4. The molecule has 0 saturated carbocycles. The van der Waals surface area contributed by atoms with Crippen molar-refractivity contribution < 1.29 is 19.4 Å². The molecule has 38 heavy (non-hydrogen) atoms. The van der Waals surface area contributed by atoms with Crippen molar-refractivity contribution in [2.45, 2.75) is 6.54 Å². The molecule has 0 spiro atoms. The second kappa shape index (κ2) is 16.3. The highest BCUT2D eigenvalue weighted by atomic mass is 35.5. The van der Waals surface area contributed by atoms with Crippen LogP contribution in [0, 0.1) is 0 Å². The van der Waals surface area contributed by atoms with Crippen LogP contribution in [0.2, 0.25) is 5.02 Å². The molecule has 13 heteroatoms. The van der Waals surface area contributed by atoms with E-state index in [1.165, 1.54) is 0 Å². The summed E-state index contributed by atoms with van der Waals surface area (Å²) >= 11 is 5.96. The molecule has 3 rings (SSSR count). The number of aromatic nitrogens is 3. The molecule has 0 fully saturated rings. The smallest absolute Gasteiger partial charge is 0.251 e. The van der Waals surface area contributed by atoms with E-state index in [0.29, 0.717) is 68.3 Å². The Morgan fingerprint density at radius 2 is 1.61 bits per heavy atom. The Bertz CT molecular complexity index is 1140. The van der Waals surface area contributed by atoms with Crippen LogP contribution in [0.3, 0.4) is 0 Å². The average Bonchev–Trinajstić information content (AvgIpc) is 2.93. The maximum atomic E-state index is 12.6. The fourth-order valence-electron chi connectivity index (χ4n) is 3.15. The molecule has 3 aromatic rings. The number of aliphatic hydroxyl groups is 1. The van der Waals surface area contributed by atoms with Gasteiger partial charge in [0.05, 0.1) is 33.0 Å². The number of rotatable bonds is 17. The van der Waals surface area contributed by atoms with Crippen molar-refractivity contribution in [2.75, 3.05) is 68.6 Å². The van der Waals surface area contributed by atoms with Gasteiger partial charge in [0.2, 0.25) is 17.8 Å². The van der Waals surface area contributed by atoms with Gasteiger partial charge in [-0.05, 0) is 35.9 Å². The molecule has 0 unspecified atom stereocenters. The number of halogens is 1. The zero-order valence-electron chi connectivity index (χ0n) is 21.0. The average molecular weight is 545 g/mol. The lowest BCUT2D eigenvalue weighted by Crippen LogP contribution is -2.27. The number of amides is 1. The van der Waals surface area contributed by atoms with Crippen molar-refractivity contribution in [2.24, 2.45) is 5.73 Å². The molecule has 0 aliphatic rings. The number of hydrogen-bond donors (Lipinski definition) is 6. The summed E-state index contributed by atoms with van der Waals surface area (Å²) in [5.41, 5.74) is 7.44. The van der Waals surface area contributed by atoms with Crippen LogP contribution in [-0.2, 0) is 16.0 Å². The van der Waals surface area contributed by atoms with Crippen molar-refractivity contribution in [3.05, 3.63) is 64.7 Å². The lowest BCUT2D eigenvalue weighted by Gasteiger charge is -2.12. The third-order valence-electron chi connectivity index (χ3n) is 4.94. The van der Waals surface area contributed by atoms with E-state index in [9.17, 15) is 4.79 Å². The predicted octanol–water partition coefficient (Wildman–Crippen LogP) is 2.01. The monoisotopic (exact) mass is 544 g/mol. The second-order valence-corrected chi connectivity index (χ2v) is 8.35. The standard InChI is InChI=1S/C25H33ClN8O4/c26-20-6-4-18(5-7-20)17-30-24-32-23(29-9-11-35)33-25(34-24)31-21-3-1-2-19(16-21)22(36)28-10-13-38-15-14-37-12-8-27/h1-7,16,35H,8-15,17,27H2,(H,28,36)(H3,29,30,31,32,33,34). The van der Waals surface area contributed by atoms with Gasteiger partial charge in [0.15, 0.2) is 0 Å². The van der Waals surface area contributed by atoms with Crippen LogP contribution >= 0.6 is 11.6 Å². The summed E-state index contributed by atoms with van der Waals surface area (Å²) in [6.07, 6.45) is 0. The molecular weight excluding hydrogens is 512 g/mol. The van der Waals surface area contributed by atoms with Gasteiger partial charge in [0, 0.05) is 42.5 Å². The van der Waals surface area contributed by atoms with Crippen LogP contribution in [-0.4, -0.2) is 78.6 Å². The minimum absolute atomic E-state index is 0.0771. The van der Waals surface area contributed by atoms with Gasteiger partial charge in [0.1, 0.15) is 0 Å². The maximum Gasteiger partial charge on any atom is 0.251 e. The Morgan fingerprint density at radius 3 is 2.34 bits per heavy atom. The molecule has 0 aliphatic carbocycles. The number of aliphatic hydroxyl groups excluding tert-OH is 1. The molecule has 1 heterocycles. The molecule has 0 radical (unpaired) electrons. The number of nitrogens with two attached hydrogens (primary N) is 1. The molecule has 0 aliphatic heterocycles.